The molecule has 0 saturated heterocycles. The number of benzene rings is 2. The summed E-state index contributed by atoms with van der Waals surface area (Å²) in [4.78, 5) is 13.9. The molecule has 0 aliphatic carbocycles. The average molecular weight is 334 g/mol. The molecule has 1 aliphatic rings. The first-order chi connectivity index (χ1) is 11.0. The van der Waals surface area contributed by atoms with E-state index in [0.29, 0.717) is 11.6 Å². The summed E-state index contributed by atoms with van der Waals surface area (Å²) in [6, 6.07) is 8.41. The zero-order valence-corrected chi connectivity index (χ0v) is 13.8. The maximum Gasteiger partial charge on any atom is 0.231 e. The number of amides is 1. The lowest BCUT2D eigenvalue weighted by molar-refractivity contribution is -0.117. The molecule has 5 heteroatoms. The zero-order chi connectivity index (χ0) is 16.6. The number of ether oxygens (including phenoxy) is 1. The minimum absolute atomic E-state index is 0.118. The highest BCUT2D eigenvalue weighted by Gasteiger charge is 2.22. The number of rotatable bonds is 3. The van der Waals surface area contributed by atoms with Gasteiger partial charge in [-0.2, -0.15) is 0 Å². The van der Waals surface area contributed by atoms with Crippen LogP contribution in [0.5, 0.6) is 5.75 Å². The standard InChI is InChI=1S/C18H17ClFNO2/c1-11-3-4-16(15(20)7-11)21(2)17(22)10-13-9-14(19)8-12-5-6-23-18(12)13/h3-4,7-9H,5-6,10H2,1-2H3. The molecule has 1 amide bonds. The first kappa shape index (κ1) is 15.8. The molecule has 0 radical (unpaired) electrons. The molecule has 0 atom stereocenters. The number of nitrogens with zero attached hydrogens (tertiary/aromatic N) is 1. The summed E-state index contributed by atoms with van der Waals surface area (Å²) < 4.78 is 19.7. The SMILES string of the molecule is Cc1ccc(N(C)C(=O)Cc2cc(Cl)cc3c2OCC3)c(F)c1. The first-order valence-electron chi connectivity index (χ1n) is 7.42. The number of carbonyl (C=O) groups excluding carboxylic acids is 1. The Kier molecular flexibility index (Phi) is 4.26. The fourth-order valence-electron chi connectivity index (χ4n) is 2.78. The van der Waals surface area contributed by atoms with E-state index in [2.05, 4.69) is 0 Å². The highest BCUT2D eigenvalue weighted by molar-refractivity contribution is 6.30. The van der Waals surface area contributed by atoms with Crippen molar-refractivity contribution in [2.75, 3.05) is 18.6 Å². The molecule has 2 aromatic carbocycles. The number of hydrogen-bond acceptors (Lipinski definition) is 2. The summed E-state index contributed by atoms with van der Waals surface area (Å²) in [5, 5.41) is 0.584. The Morgan fingerprint density at radius 1 is 1.35 bits per heavy atom. The molecule has 0 saturated carbocycles. The van der Waals surface area contributed by atoms with Crippen molar-refractivity contribution >= 4 is 23.2 Å². The van der Waals surface area contributed by atoms with Gasteiger partial charge in [-0.15, -0.1) is 0 Å². The highest BCUT2D eigenvalue weighted by atomic mass is 35.5. The van der Waals surface area contributed by atoms with Crippen LogP contribution in [0, 0.1) is 12.7 Å². The quantitative estimate of drug-likeness (QED) is 0.851. The summed E-state index contributed by atoms with van der Waals surface area (Å²) in [7, 11) is 1.57. The van der Waals surface area contributed by atoms with Gasteiger partial charge >= 0.3 is 0 Å². The molecule has 0 N–H and O–H groups in total. The predicted molar refractivity (Wildman–Crippen MR) is 88.9 cm³/mol. The summed E-state index contributed by atoms with van der Waals surface area (Å²) in [6.45, 7) is 2.40. The van der Waals surface area contributed by atoms with Crippen LogP contribution in [0.25, 0.3) is 0 Å². The van der Waals surface area contributed by atoms with E-state index in [0.717, 1.165) is 28.9 Å². The molecule has 0 spiro atoms. The van der Waals surface area contributed by atoms with Gasteiger partial charge in [0, 0.05) is 24.1 Å². The molecule has 0 fully saturated rings. The second-order valence-corrected chi connectivity index (χ2v) is 6.17. The van der Waals surface area contributed by atoms with Crippen LogP contribution < -0.4 is 9.64 Å². The van der Waals surface area contributed by atoms with Crippen molar-refractivity contribution in [2.45, 2.75) is 19.8 Å². The van der Waals surface area contributed by atoms with E-state index in [1.54, 1.807) is 32.2 Å². The Morgan fingerprint density at radius 2 is 2.13 bits per heavy atom. The number of carbonyl (C=O) groups is 1. The van der Waals surface area contributed by atoms with Gasteiger partial charge in [-0.25, -0.2) is 4.39 Å². The molecular formula is C18H17ClFNO2. The number of hydrogen-bond donors (Lipinski definition) is 0. The van der Waals surface area contributed by atoms with Gasteiger partial charge in [-0.05, 0) is 42.3 Å². The molecule has 3 rings (SSSR count). The minimum atomic E-state index is -0.409. The van der Waals surface area contributed by atoms with E-state index >= 15 is 0 Å². The largest absolute Gasteiger partial charge is 0.493 e. The van der Waals surface area contributed by atoms with Crippen molar-refractivity contribution in [3.63, 3.8) is 0 Å². The van der Waals surface area contributed by atoms with Gasteiger partial charge < -0.3 is 9.64 Å². The van der Waals surface area contributed by atoms with Gasteiger partial charge in [0.05, 0.1) is 18.7 Å². The van der Waals surface area contributed by atoms with Gasteiger partial charge in [-0.1, -0.05) is 17.7 Å². The van der Waals surface area contributed by atoms with Crippen LogP contribution in [0.2, 0.25) is 5.02 Å². The summed E-state index contributed by atoms with van der Waals surface area (Å²) in [5.74, 6) is 0.113. The van der Waals surface area contributed by atoms with E-state index in [-0.39, 0.29) is 18.0 Å². The lowest BCUT2D eigenvalue weighted by Gasteiger charge is -2.19. The number of halogens is 2. The summed E-state index contributed by atoms with van der Waals surface area (Å²) >= 11 is 6.11. The Morgan fingerprint density at radius 3 is 2.87 bits per heavy atom. The van der Waals surface area contributed by atoms with Crippen molar-refractivity contribution in [1.29, 1.82) is 0 Å². The fraction of sp³-hybridized carbons (Fsp3) is 0.278. The molecule has 23 heavy (non-hydrogen) atoms. The van der Waals surface area contributed by atoms with Gasteiger partial charge in [0.25, 0.3) is 0 Å². The average Bonchev–Trinajstić information content (AvgIpc) is 2.94. The third kappa shape index (κ3) is 3.17. The van der Waals surface area contributed by atoms with E-state index in [1.807, 2.05) is 6.07 Å². The molecule has 3 nitrogen and oxygen atoms in total. The van der Waals surface area contributed by atoms with Crippen LogP contribution in [0.4, 0.5) is 10.1 Å². The van der Waals surface area contributed by atoms with Crippen LogP contribution in [-0.4, -0.2) is 19.6 Å². The Balaban J connectivity index is 1.85. The van der Waals surface area contributed by atoms with E-state index < -0.39 is 5.82 Å². The van der Waals surface area contributed by atoms with Gasteiger partial charge in [0.15, 0.2) is 0 Å². The lowest BCUT2D eigenvalue weighted by atomic mass is 10.0. The summed E-state index contributed by atoms with van der Waals surface area (Å²) in [5.41, 5.74) is 2.84. The van der Waals surface area contributed by atoms with Crippen LogP contribution in [-0.2, 0) is 17.6 Å². The minimum Gasteiger partial charge on any atom is -0.493 e. The second-order valence-electron chi connectivity index (χ2n) is 5.74. The smallest absolute Gasteiger partial charge is 0.231 e. The van der Waals surface area contributed by atoms with Gasteiger partial charge in [0.2, 0.25) is 5.91 Å². The van der Waals surface area contributed by atoms with Gasteiger partial charge in [0.1, 0.15) is 11.6 Å². The molecule has 1 aliphatic heterocycles. The molecule has 0 aromatic heterocycles. The van der Waals surface area contributed by atoms with Crippen LogP contribution in [0.3, 0.4) is 0 Å². The van der Waals surface area contributed by atoms with Crippen molar-refractivity contribution < 1.29 is 13.9 Å². The maximum absolute atomic E-state index is 14.0. The third-order valence-electron chi connectivity index (χ3n) is 4.01. The molecule has 0 unspecified atom stereocenters. The Labute approximate surface area is 139 Å². The molecule has 0 bridgehead atoms. The van der Waals surface area contributed by atoms with Crippen LogP contribution in [0.1, 0.15) is 16.7 Å². The van der Waals surface area contributed by atoms with Crippen LogP contribution >= 0.6 is 11.6 Å². The topological polar surface area (TPSA) is 29.5 Å². The van der Waals surface area contributed by atoms with Gasteiger partial charge in [-0.3, -0.25) is 4.79 Å². The highest BCUT2D eigenvalue weighted by Crippen LogP contribution is 2.33. The second kappa shape index (κ2) is 6.20. The number of fused-ring (bicyclic) bond motifs is 1. The molecule has 120 valence electrons. The van der Waals surface area contributed by atoms with Crippen molar-refractivity contribution in [1.82, 2.24) is 0 Å². The number of aryl methyl sites for hydroxylation is 1. The molecule has 2 aromatic rings. The maximum atomic E-state index is 14.0. The van der Waals surface area contributed by atoms with E-state index in [4.69, 9.17) is 16.3 Å². The normalized spacial score (nSPS) is 12.7. The van der Waals surface area contributed by atoms with Crippen molar-refractivity contribution in [3.8, 4) is 5.75 Å². The molecular weight excluding hydrogens is 317 g/mol. The third-order valence-corrected chi connectivity index (χ3v) is 4.22. The van der Waals surface area contributed by atoms with E-state index in [1.165, 1.54) is 11.0 Å². The Bertz CT molecular complexity index is 776. The lowest BCUT2D eigenvalue weighted by Crippen LogP contribution is -2.28. The number of anilines is 1. The first-order valence-corrected chi connectivity index (χ1v) is 7.80. The van der Waals surface area contributed by atoms with E-state index in [9.17, 15) is 9.18 Å². The monoisotopic (exact) mass is 333 g/mol. The zero-order valence-electron chi connectivity index (χ0n) is 13.0. The number of likely N-dealkylation sites (N-methyl/N-ethyl adjacent to an activating group) is 1. The Hall–Kier alpha value is -2.07. The predicted octanol–water partition coefficient (Wildman–Crippen LogP) is 3.93. The summed E-state index contributed by atoms with van der Waals surface area (Å²) in [6.07, 6.45) is 0.909. The molecule has 1 heterocycles. The van der Waals surface area contributed by atoms with Crippen LogP contribution in [0.15, 0.2) is 30.3 Å². The van der Waals surface area contributed by atoms with Crippen molar-refractivity contribution in [3.05, 3.63) is 57.9 Å². The fourth-order valence-corrected chi connectivity index (χ4v) is 3.04. The van der Waals surface area contributed by atoms with Crippen molar-refractivity contribution in [2.24, 2.45) is 0 Å².